The lowest BCUT2D eigenvalue weighted by Gasteiger charge is -2.36. The predicted molar refractivity (Wildman–Crippen MR) is 125 cm³/mol. The topological polar surface area (TPSA) is 52.7 Å². The Morgan fingerprint density at radius 1 is 0.971 bits per heavy atom. The van der Waals surface area contributed by atoms with Crippen LogP contribution in [0.3, 0.4) is 0 Å². The van der Waals surface area contributed by atoms with Gasteiger partial charge in [0.05, 0.1) is 16.3 Å². The quantitative estimate of drug-likeness (QED) is 0.450. The molecule has 1 N–H and O–H groups in total. The molecule has 3 amide bonds. The van der Waals surface area contributed by atoms with Crippen LogP contribution in [0.4, 0.5) is 29.3 Å². The molecule has 0 radical (unpaired) electrons. The zero-order valence-corrected chi connectivity index (χ0v) is 18.7. The van der Waals surface area contributed by atoms with E-state index in [0.717, 1.165) is 24.1 Å². The number of urea groups is 1. The van der Waals surface area contributed by atoms with Crippen LogP contribution in [-0.4, -0.2) is 29.9 Å². The van der Waals surface area contributed by atoms with Crippen molar-refractivity contribution in [1.82, 2.24) is 4.90 Å². The molecule has 0 saturated carbocycles. The summed E-state index contributed by atoms with van der Waals surface area (Å²) in [6.07, 6.45) is -3.80. The SMILES string of the molecule is O=C(Nc1cc(N2CCCN(Cc3ccccc3)C2=O)ccc1Cl)c1cccc(C(F)(F)F)c1. The van der Waals surface area contributed by atoms with Gasteiger partial charge in [-0.3, -0.25) is 9.69 Å². The van der Waals surface area contributed by atoms with Crippen molar-refractivity contribution in [3.8, 4) is 0 Å². The van der Waals surface area contributed by atoms with Crippen LogP contribution >= 0.6 is 11.6 Å². The first-order valence-electron chi connectivity index (χ1n) is 10.6. The van der Waals surface area contributed by atoms with Crippen molar-refractivity contribution in [2.24, 2.45) is 0 Å². The highest BCUT2D eigenvalue weighted by molar-refractivity contribution is 6.34. The van der Waals surface area contributed by atoms with Gasteiger partial charge in [-0.05, 0) is 48.4 Å². The molecule has 9 heteroatoms. The Bertz CT molecular complexity index is 1200. The fourth-order valence-corrected chi connectivity index (χ4v) is 3.94. The van der Waals surface area contributed by atoms with Gasteiger partial charge < -0.3 is 10.2 Å². The number of hydrogen-bond donors (Lipinski definition) is 1. The molecular formula is C25H21ClF3N3O2. The van der Waals surface area contributed by atoms with E-state index >= 15 is 0 Å². The van der Waals surface area contributed by atoms with E-state index in [9.17, 15) is 22.8 Å². The van der Waals surface area contributed by atoms with Crippen LogP contribution in [-0.2, 0) is 12.7 Å². The van der Waals surface area contributed by atoms with Gasteiger partial charge in [-0.15, -0.1) is 0 Å². The van der Waals surface area contributed by atoms with Gasteiger partial charge in [-0.2, -0.15) is 13.2 Å². The van der Waals surface area contributed by atoms with E-state index in [1.165, 1.54) is 12.1 Å². The van der Waals surface area contributed by atoms with Gasteiger partial charge in [-0.1, -0.05) is 48.0 Å². The molecule has 1 aliphatic rings. The van der Waals surface area contributed by atoms with Gasteiger partial charge in [0.2, 0.25) is 0 Å². The molecule has 0 unspecified atom stereocenters. The van der Waals surface area contributed by atoms with Crippen LogP contribution in [0, 0.1) is 0 Å². The van der Waals surface area contributed by atoms with Crippen LogP contribution in [0.25, 0.3) is 0 Å². The zero-order chi connectivity index (χ0) is 24.3. The number of alkyl halides is 3. The molecule has 0 atom stereocenters. The molecule has 4 rings (SSSR count). The van der Waals surface area contributed by atoms with Crippen molar-refractivity contribution in [2.45, 2.75) is 19.1 Å². The Kier molecular flexibility index (Phi) is 6.79. The summed E-state index contributed by atoms with van der Waals surface area (Å²) in [7, 11) is 0. The summed E-state index contributed by atoms with van der Waals surface area (Å²) in [5, 5.41) is 2.76. The van der Waals surface area contributed by atoms with Gasteiger partial charge in [0.25, 0.3) is 5.91 Å². The lowest BCUT2D eigenvalue weighted by molar-refractivity contribution is -0.137. The maximum Gasteiger partial charge on any atom is 0.416 e. The van der Waals surface area contributed by atoms with Gasteiger partial charge in [0.15, 0.2) is 0 Å². The number of carbonyl (C=O) groups is 2. The molecule has 176 valence electrons. The Morgan fingerprint density at radius 2 is 1.74 bits per heavy atom. The summed E-state index contributed by atoms with van der Waals surface area (Å²) in [5.41, 5.74) is 0.681. The van der Waals surface area contributed by atoms with Crippen molar-refractivity contribution in [2.75, 3.05) is 23.3 Å². The fourth-order valence-electron chi connectivity index (χ4n) is 3.78. The molecule has 1 fully saturated rings. The van der Waals surface area contributed by atoms with Crippen LogP contribution < -0.4 is 10.2 Å². The highest BCUT2D eigenvalue weighted by Crippen LogP contribution is 2.32. The van der Waals surface area contributed by atoms with Crippen LogP contribution in [0.15, 0.2) is 72.8 Å². The predicted octanol–water partition coefficient (Wildman–Crippen LogP) is 6.44. The number of anilines is 2. The Morgan fingerprint density at radius 3 is 2.47 bits per heavy atom. The fraction of sp³-hybridized carbons (Fsp3) is 0.200. The molecule has 1 heterocycles. The Labute approximate surface area is 199 Å². The van der Waals surface area contributed by atoms with E-state index in [1.54, 1.807) is 28.0 Å². The second-order valence-electron chi connectivity index (χ2n) is 7.89. The zero-order valence-electron chi connectivity index (χ0n) is 18.0. The van der Waals surface area contributed by atoms with Gasteiger partial charge in [0, 0.05) is 30.9 Å². The minimum atomic E-state index is -4.56. The molecule has 5 nitrogen and oxygen atoms in total. The molecular weight excluding hydrogens is 467 g/mol. The summed E-state index contributed by atoms with van der Waals surface area (Å²) in [6.45, 7) is 1.59. The molecule has 3 aromatic rings. The summed E-state index contributed by atoms with van der Waals surface area (Å²) in [4.78, 5) is 29.1. The first-order valence-corrected chi connectivity index (χ1v) is 11.0. The van der Waals surface area contributed by atoms with Crippen molar-refractivity contribution in [3.05, 3.63) is 94.5 Å². The Hall–Kier alpha value is -3.52. The van der Waals surface area contributed by atoms with Crippen LogP contribution in [0.5, 0.6) is 0 Å². The number of nitrogens with one attached hydrogen (secondary N) is 1. The average molecular weight is 488 g/mol. The third-order valence-corrected chi connectivity index (χ3v) is 5.82. The van der Waals surface area contributed by atoms with Crippen LogP contribution in [0.1, 0.15) is 27.9 Å². The lowest BCUT2D eigenvalue weighted by atomic mass is 10.1. The number of carbonyl (C=O) groups excluding carboxylic acids is 2. The number of halogens is 4. The summed E-state index contributed by atoms with van der Waals surface area (Å²) < 4.78 is 39.0. The number of nitrogens with zero attached hydrogens (tertiary/aromatic N) is 2. The standard InChI is InChI=1S/C25H21ClF3N3O2/c26-21-11-10-20(32-13-5-12-31(24(32)34)16-17-6-2-1-3-7-17)15-22(21)30-23(33)18-8-4-9-19(14-18)25(27,28)29/h1-4,6-11,14-15H,5,12-13,16H2,(H,30,33). The molecule has 34 heavy (non-hydrogen) atoms. The highest BCUT2D eigenvalue weighted by Gasteiger charge is 2.31. The minimum Gasteiger partial charge on any atom is -0.321 e. The first kappa shape index (κ1) is 23.6. The number of amides is 3. The first-order chi connectivity index (χ1) is 16.2. The molecule has 0 aromatic heterocycles. The monoisotopic (exact) mass is 487 g/mol. The number of hydrogen-bond acceptors (Lipinski definition) is 2. The smallest absolute Gasteiger partial charge is 0.321 e. The minimum absolute atomic E-state index is 0.153. The van der Waals surface area contributed by atoms with Crippen molar-refractivity contribution < 1.29 is 22.8 Å². The van der Waals surface area contributed by atoms with Crippen molar-refractivity contribution in [1.29, 1.82) is 0 Å². The van der Waals surface area contributed by atoms with Crippen molar-refractivity contribution in [3.63, 3.8) is 0 Å². The average Bonchev–Trinajstić information content (AvgIpc) is 2.82. The van der Waals surface area contributed by atoms with Crippen LogP contribution in [0.2, 0.25) is 5.02 Å². The second-order valence-corrected chi connectivity index (χ2v) is 8.30. The van der Waals surface area contributed by atoms with E-state index in [-0.39, 0.29) is 22.3 Å². The van der Waals surface area contributed by atoms with E-state index in [4.69, 9.17) is 11.6 Å². The number of benzene rings is 3. The molecule has 0 aliphatic carbocycles. The summed E-state index contributed by atoms with van der Waals surface area (Å²) >= 11 is 6.23. The third kappa shape index (κ3) is 5.34. The Balaban J connectivity index is 1.53. The van der Waals surface area contributed by atoms with E-state index in [2.05, 4.69) is 5.32 Å². The molecule has 1 aliphatic heterocycles. The van der Waals surface area contributed by atoms with E-state index in [1.807, 2.05) is 30.3 Å². The number of rotatable bonds is 5. The summed E-state index contributed by atoms with van der Waals surface area (Å²) in [6, 6.07) is 18.4. The second kappa shape index (κ2) is 9.77. The van der Waals surface area contributed by atoms with Crippen molar-refractivity contribution >= 4 is 34.9 Å². The maximum absolute atomic E-state index is 13.1. The lowest BCUT2D eigenvalue weighted by Crippen LogP contribution is -2.49. The highest BCUT2D eigenvalue weighted by atomic mass is 35.5. The van der Waals surface area contributed by atoms with E-state index in [0.29, 0.717) is 25.3 Å². The van der Waals surface area contributed by atoms with E-state index < -0.39 is 17.6 Å². The maximum atomic E-state index is 13.1. The molecule has 3 aromatic carbocycles. The molecule has 0 bridgehead atoms. The summed E-state index contributed by atoms with van der Waals surface area (Å²) in [5.74, 6) is -0.735. The largest absolute Gasteiger partial charge is 0.416 e. The molecule has 0 spiro atoms. The normalized spacial score (nSPS) is 14.3. The van der Waals surface area contributed by atoms with Gasteiger partial charge in [0.1, 0.15) is 0 Å². The van der Waals surface area contributed by atoms with Gasteiger partial charge in [-0.25, -0.2) is 4.79 Å². The molecule has 1 saturated heterocycles. The van der Waals surface area contributed by atoms with Gasteiger partial charge >= 0.3 is 12.2 Å². The third-order valence-electron chi connectivity index (χ3n) is 5.49.